The van der Waals surface area contributed by atoms with Gasteiger partial charge in [0.05, 0.1) is 12.6 Å². The second kappa shape index (κ2) is 7.51. The standard InChI is InChI=1S/C20H25NO2/c1-2-3-4-13-23-18-8-5-15(6-9-18)20-19-10-7-17(22)14-16(19)11-12-21-20/h5-10,14,20-22H,2-4,11-13H2,1H3. The fraction of sp³-hybridized carbons (Fsp3) is 0.400. The van der Waals surface area contributed by atoms with Crippen molar-refractivity contribution in [2.24, 2.45) is 0 Å². The molecule has 0 aliphatic carbocycles. The molecule has 1 aliphatic rings. The van der Waals surface area contributed by atoms with Crippen molar-refractivity contribution >= 4 is 0 Å². The van der Waals surface area contributed by atoms with Gasteiger partial charge >= 0.3 is 0 Å². The van der Waals surface area contributed by atoms with Crippen molar-refractivity contribution in [3.8, 4) is 11.5 Å². The average Bonchev–Trinajstić information content (AvgIpc) is 2.58. The fourth-order valence-corrected chi connectivity index (χ4v) is 3.15. The maximum atomic E-state index is 9.67. The van der Waals surface area contributed by atoms with Crippen LogP contribution in [0.1, 0.15) is 48.9 Å². The highest BCUT2D eigenvalue weighted by Gasteiger charge is 2.21. The third-order valence-corrected chi connectivity index (χ3v) is 4.41. The van der Waals surface area contributed by atoms with Crippen molar-refractivity contribution in [2.45, 2.75) is 38.6 Å². The Hall–Kier alpha value is -2.00. The van der Waals surface area contributed by atoms with Crippen molar-refractivity contribution in [3.63, 3.8) is 0 Å². The van der Waals surface area contributed by atoms with Gasteiger partial charge in [-0.3, -0.25) is 0 Å². The van der Waals surface area contributed by atoms with Crippen LogP contribution in [0.25, 0.3) is 0 Å². The minimum atomic E-state index is 0.188. The zero-order chi connectivity index (χ0) is 16.1. The van der Waals surface area contributed by atoms with Crippen LogP contribution in [0.15, 0.2) is 42.5 Å². The van der Waals surface area contributed by atoms with Crippen LogP contribution >= 0.6 is 0 Å². The number of phenols is 1. The molecule has 0 saturated heterocycles. The zero-order valence-corrected chi connectivity index (χ0v) is 13.7. The van der Waals surface area contributed by atoms with E-state index in [1.165, 1.54) is 29.5 Å². The van der Waals surface area contributed by atoms with E-state index >= 15 is 0 Å². The molecule has 3 rings (SSSR count). The molecule has 0 aromatic heterocycles. The van der Waals surface area contributed by atoms with Crippen molar-refractivity contribution in [3.05, 3.63) is 59.2 Å². The van der Waals surface area contributed by atoms with Crippen molar-refractivity contribution in [2.75, 3.05) is 13.2 Å². The van der Waals surface area contributed by atoms with Gasteiger partial charge in [-0.2, -0.15) is 0 Å². The van der Waals surface area contributed by atoms with Crippen LogP contribution in [0.2, 0.25) is 0 Å². The molecule has 3 nitrogen and oxygen atoms in total. The summed E-state index contributed by atoms with van der Waals surface area (Å²) in [6.07, 6.45) is 4.50. The molecule has 1 unspecified atom stereocenters. The number of hydrogen-bond donors (Lipinski definition) is 2. The van der Waals surface area contributed by atoms with E-state index in [0.717, 1.165) is 31.7 Å². The lowest BCUT2D eigenvalue weighted by Crippen LogP contribution is -2.30. The number of hydrogen-bond acceptors (Lipinski definition) is 3. The number of ether oxygens (including phenoxy) is 1. The van der Waals surface area contributed by atoms with E-state index in [1.807, 2.05) is 12.1 Å². The van der Waals surface area contributed by atoms with Gasteiger partial charge in [0.1, 0.15) is 11.5 Å². The highest BCUT2D eigenvalue weighted by Crippen LogP contribution is 2.31. The Morgan fingerprint density at radius 3 is 2.74 bits per heavy atom. The molecule has 3 heteroatoms. The third kappa shape index (κ3) is 3.85. The molecule has 0 radical (unpaired) electrons. The van der Waals surface area contributed by atoms with E-state index in [4.69, 9.17) is 4.74 Å². The number of unbranched alkanes of at least 4 members (excludes halogenated alkanes) is 2. The molecule has 0 saturated carbocycles. The van der Waals surface area contributed by atoms with Gasteiger partial charge in [-0.1, -0.05) is 38.0 Å². The van der Waals surface area contributed by atoms with Gasteiger partial charge in [0.15, 0.2) is 0 Å². The Morgan fingerprint density at radius 2 is 1.96 bits per heavy atom. The Bertz CT molecular complexity index is 637. The lowest BCUT2D eigenvalue weighted by molar-refractivity contribution is 0.306. The first kappa shape index (κ1) is 15.9. The summed E-state index contributed by atoms with van der Waals surface area (Å²) in [6.45, 7) is 3.91. The van der Waals surface area contributed by atoms with Crippen LogP contribution in [0.3, 0.4) is 0 Å². The normalized spacial score (nSPS) is 16.8. The van der Waals surface area contributed by atoms with Crippen LogP contribution < -0.4 is 10.1 Å². The molecule has 1 atom stereocenters. The monoisotopic (exact) mass is 311 g/mol. The molecule has 122 valence electrons. The number of benzene rings is 2. The number of aromatic hydroxyl groups is 1. The highest BCUT2D eigenvalue weighted by atomic mass is 16.5. The summed E-state index contributed by atoms with van der Waals surface area (Å²) < 4.78 is 5.78. The predicted octanol–water partition coefficient (Wildman–Crippen LogP) is 4.20. The van der Waals surface area contributed by atoms with E-state index in [1.54, 1.807) is 6.07 Å². The molecule has 1 aliphatic heterocycles. The topological polar surface area (TPSA) is 41.5 Å². The first-order chi connectivity index (χ1) is 11.3. The second-order valence-corrected chi connectivity index (χ2v) is 6.14. The lowest BCUT2D eigenvalue weighted by Gasteiger charge is -2.27. The molecule has 1 heterocycles. The smallest absolute Gasteiger partial charge is 0.119 e. The predicted molar refractivity (Wildman–Crippen MR) is 93.1 cm³/mol. The maximum Gasteiger partial charge on any atom is 0.119 e. The van der Waals surface area contributed by atoms with E-state index < -0.39 is 0 Å². The molecule has 2 N–H and O–H groups in total. The van der Waals surface area contributed by atoms with Crippen LogP contribution in [-0.4, -0.2) is 18.3 Å². The van der Waals surface area contributed by atoms with Gasteiger partial charge < -0.3 is 15.2 Å². The molecule has 2 aromatic rings. The largest absolute Gasteiger partial charge is 0.508 e. The van der Waals surface area contributed by atoms with Gasteiger partial charge in [-0.25, -0.2) is 0 Å². The quantitative estimate of drug-likeness (QED) is 0.786. The molecule has 23 heavy (non-hydrogen) atoms. The summed E-state index contributed by atoms with van der Waals surface area (Å²) in [5.41, 5.74) is 3.72. The number of nitrogens with one attached hydrogen (secondary N) is 1. The summed E-state index contributed by atoms with van der Waals surface area (Å²) >= 11 is 0. The van der Waals surface area contributed by atoms with Gasteiger partial charge in [0.25, 0.3) is 0 Å². The van der Waals surface area contributed by atoms with Gasteiger partial charge in [0.2, 0.25) is 0 Å². The molecule has 0 amide bonds. The first-order valence-corrected chi connectivity index (χ1v) is 8.56. The Labute approximate surface area is 138 Å². The van der Waals surface area contributed by atoms with Gasteiger partial charge in [-0.05, 0) is 53.8 Å². The summed E-state index contributed by atoms with van der Waals surface area (Å²) in [7, 11) is 0. The molecule has 0 spiro atoms. The SMILES string of the molecule is CCCCCOc1ccc(C2NCCc3cc(O)ccc32)cc1. The number of fused-ring (bicyclic) bond motifs is 1. The molecule has 0 fully saturated rings. The molecular weight excluding hydrogens is 286 g/mol. The summed E-state index contributed by atoms with van der Waals surface area (Å²) in [5.74, 6) is 1.28. The second-order valence-electron chi connectivity index (χ2n) is 6.14. The molecule has 2 aromatic carbocycles. The van der Waals surface area contributed by atoms with Crippen LogP contribution in [-0.2, 0) is 6.42 Å². The Morgan fingerprint density at radius 1 is 1.13 bits per heavy atom. The van der Waals surface area contributed by atoms with Crippen molar-refractivity contribution in [1.82, 2.24) is 5.32 Å². The Balaban J connectivity index is 1.71. The Kier molecular flexibility index (Phi) is 5.19. The van der Waals surface area contributed by atoms with Gasteiger partial charge in [-0.15, -0.1) is 0 Å². The molecule has 0 bridgehead atoms. The minimum absolute atomic E-state index is 0.188. The van der Waals surface area contributed by atoms with E-state index in [-0.39, 0.29) is 6.04 Å². The summed E-state index contributed by atoms with van der Waals surface area (Å²) in [6, 6.07) is 14.2. The summed E-state index contributed by atoms with van der Waals surface area (Å²) in [5, 5.41) is 13.2. The number of phenolic OH excluding ortho intramolecular Hbond substituents is 1. The minimum Gasteiger partial charge on any atom is -0.508 e. The van der Waals surface area contributed by atoms with Crippen LogP contribution in [0, 0.1) is 0 Å². The van der Waals surface area contributed by atoms with Crippen LogP contribution in [0.5, 0.6) is 11.5 Å². The van der Waals surface area contributed by atoms with E-state index in [2.05, 4.69) is 36.5 Å². The highest BCUT2D eigenvalue weighted by molar-refractivity contribution is 5.44. The van der Waals surface area contributed by atoms with E-state index in [9.17, 15) is 5.11 Å². The lowest BCUT2D eigenvalue weighted by atomic mass is 9.90. The first-order valence-electron chi connectivity index (χ1n) is 8.56. The van der Waals surface area contributed by atoms with E-state index in [0.29, 0.717) is 5.75 Å². The zero-order valence-electron chi connectivity index (χ0n) is 13.7. The third-order valence-electron chi connectivity index (χ3n) is 4.41. The average molecular weight is 311 g/mol. The molecular formula is C20H25NO2. The summed E-state index contributed by atoms with van der Waals surface area (Å²) in [4.78, 5) is 0. The van der Waals surface area contributed by atoms with Crippen molar-refractivity contribution < 1.29 is 9.84 Å². The van der Waals surface area contributed by atoms with Crippen molar-refractivity contribution in [1.29, 1.82) is 0 Å². The number of rotatable bonds is 6. The van der Waals surface area contributed by atoms with Crippen LogP contribution in [0.4, 0.5) is 0 Å². The fourth-order valence-electron chi connectivity index (χ4n) is 3.15. The van der Waals surface area contributed by atoms with Gasteiger partial charge in [0, 0.05) is 6.54 Å². The maximum absolute atomic E-state index is 9.67.